The first-order valence-electron chi connectivity index (χ1n) is 7.86. The average molecular weight is 305 g/mol. The lowest BCUT2D eigenvalue weighted by molar-refractivity contribution is 0.0702. The normalized spacial score (nSPS) is 24.0. The van der Waals surface area contributed by atoms with Crippen LogP contribution in [0.2, 0.25) is 0 Å². The highest BCUT2D eigenvalue weighted by atomic mass is 32.2. The Labute approximate surface area is 130 Å². The molecule has 5 heteroatoms. The van der Waals surface area contributed by atoms with Crippen molar-refractivity contribution in [3.8, 4) is 0 Å². The number of piperidine rings is 1. The fourth-order valence-corrected chi connectivity index (χ4v) is 4.22. The maximum atomic E-state index is 12.4. The van der Waals surface area contributed by atoms with Gasteiger partial charge in [0.25, 0.3) is 5.91 Å². The molecule has 0 bridgehead atoms. The molecule has 0 aliphatic carbocycles. The number of rotatable bonds is 3. The number of pyridine rings is 1. The number of hydrogen-bond acceptors (Lipinski definition) is 4. The van der Waals surface area contributed by atoms with Gasteiger partial charge < -0.3 is 10.2 Å². The molecule has 21 heavy (non-hydrogen) atoms. The van der Waals surface area contributed by atoms with Gasteiger partial charge in [-0.2, -0.15) is 11.8 Å². The Morgan fingerprint density at radius 1 is 1.19 bits per heavy atom. The van der Waals surface area contributed by atoms with E-state index in [1.165, 1.54) is 24.3 Å². The number of thioether (sulfide) groups is 1. The van der Waals surface area contributed by atoms with Crippen molar-refractivity contribution in [3.63, 3.8) is 0 Å². The van der Waals surface area contributed by atoms with Crippen molar-refractivity contribution in [3.05, 3.63) is 30.1 Å². The fraction of sp³-hybridized carbons (Fsp3) is 0.625. The van der Waals surface area contributed by atoms with E-state index in [9.17, 15) is 4.79 Å². The molecule has 3 heterocycles. The van der Waals surface area contributed by atoms with Crippen LogP contribution in [0.1, 0.15) is 36.0 Å². The van der Waals surface area contributed by atoms with Gasteiger partial charge >= 0.3 is 0 Å². The van der Waals surface area contributed by atoms with E-state index >= 15 is 0 Å². The molecule has 0 aromatic carbocycles. The van der Waals surface area contributed by atoms with Gasteiger partial charge in [0.2, 0.25) is 0 Å². The molecule has 3 rings (SSSR count). The van der Waals surface area contributed by atoms with Crippen molar-refractivity contribution in [2.45, 2.75) is 37.8 Å². The van der Waals surface area contributed by atoms with Gasteiger partial charge in [-0.15, -0.1) is 0 Å². The van der Waals surface area contributed by atoms with Gasteiger partial charge in [0.1, 0.15) is 0 Å². The molecule has 0 saturated carbocycles. The highest BCUT2D eigenvalue weighted by Crippen LogP contribution is 2.20. The van der Waals surface area contributed by atoms with E-state index in [0.29, 0.717) is 12.1 Å². The van der Waals surface area contributed by atoms with Gasteiger partial charge in [0, 0.05) is 48.9 Å². The summed E-state index contributed by atoms with van der Waals surface area (Å²) in [6.45, 7) is 1.72. The highest BCUT2D eigenvalue weighted by molar-refractivity contribution is 7.99. The van der Waals surface area contributed by atoms with Crippen molar-refractivity contribution < 1.29 is 4.79 Å². The minimum absolute atomic E-state index is 0.143. The van der Waals surface area contributed by atoms with E-state index in [1.807, 2.05) is 4.90 Å². The summed E-state index contributed by atoms with van der Waals surface area (Å²) in [6.07, 6.45) is 8.14. The first kappa shape index (κ1) is 14.9. The second-order valence-electron chi connectivity index (χ2n) is 5.88. The van der Waals surface area contributed by atoms with Crippen LogP contribution in [-0.4, -0.2) is 52.5 Å². The molecule has 1 aromatic heterocycles. The summed E-state index contributed by atoms with van der Waals surface area (Å²) < 4.78 is 0. The summed E-state index contributed by atoms with van der Waals surface area (Å²) in [5.41, 5.74) is 0.750. The Kier molecular flexibility index (Phi) is 5.14. The first-order valence-corrected chi connectivity index (χ1v) is 9.01. The van der Waals surface area contributed by atoms with Crippen molar-refractivity contribution >= 4 is 17.7 Å². The number of carbonyl (C=O) groups is 1. The standard InChI is InChI=1S/C16H23N3OS/c20-16(13-3-7-17-8-4-13)19-9-5-14(6-10-19)18-15-2-1-11-21-12-15/h3-4,7-8,14-15,18H,1-2,5-6,9-12H2/t15-/m1/s1. The van der Waals surface area contributed by atoms with Crippen LogP contribution in [0, 0.1) is 0 Å². The SMILES string of the molecule is O=C(c1ccncc1)N1CCC(N[C@@H]2CCCSC2)CC1. The van der Waals surface area contributed by atoms with Crippen molar-refractivity contribution in [1.82, 2.24) is 15.2 Å². The lowest BCUT2D eigenvalue weighted by Gasteiger charge is -2.35. The smallest absolute Gasteiger partial charge is 0.253 e. The monoisotopic (exact) mass is 305 g/mol. The second kappa shape index (κ2) is 7.27. The molecule has 0 unspecified atom stereocenters. The van der Waals surface area contributed by atoms with Crippen LogP contribution in [0.25, 0.3) is 0 Å². The molecule has 114 valence electrons. The quantitative estimate of drug-likeness (QED) is 0.929. The molecule has 2 aliphatic rings. The number of hydrogen-bond donors (Lipinski definition) is 1. The summed E-state index contributed by atoms with van der Waals surface area (Å²) in [6, 6.07) is 4.85. The molecule has 2 saturated heterocycles. The third-order valence-electron chi connectivity index (χ3n) is 4.34. The Bertz CT molecular complexity index is 454. The Hall–Kier alpha value is -1.07. The van der Waals surface area contributed by atoms with Crippen LogP contribution in [0.4, 0.5) is 0 Å². The summed E-state index contributed by atoms with van der Waals surface area (Å²) in [7, 11) is 0. The molecule has 0 radical (unpaired) electrons. The zero-order valence-electron chi connectivity index (χ0n) is 12.3. The van der Waals surface area contributed by atoms with Crippen molar-refractivity contribution in [1.29, 1.82) is 0 Å². The maximum Gasteiger partial charge on any atom is 0.253 e. The topological polar surface area (TPSA) is 45.2 Å². The lowest BCUT2D eigenvalue weighted by atomic mass is 10.0. The van der Waals surface area contributed by atoms with E-state index in [2.05, 4.69) is 22.1 Å². The highest BCUT2D eigenvalue weighted by Gasteiger charge is 2.25. The molecule has 1 aromatic rings. The van der Waals surface area contributed by atoms with Gasteiger partial charge in [-0.3, -0.25) is 9.78 Å². The predicted molar refractivity (Wildman–Crippen MR) is 86.6 cm³/mol. The van der Waals surface area contributed by atoms with Crippen molar-refractivity contribution in [2.24, 2.45) is 0 Å². The second-order valence-corrected chi connectivity index (χ2v) is 7.03. The molecule has 1 N–H and O–H groups in total. The first-order chi connectivity index (χ1) is 10.3. The van der Waals surface area contributed by atoms with Gasteiger partial charge in [-0.25, -0.2) is 0 Å². The molecule has 0 spiro atoms. The van der Waals surface area contributed by atoms with Crippen LogP contribution >= 0.6 is 11.8 Å². The number of nitrogens with one attached hydrogen (secondary N) is 1. The molecule has 1 amide bonds. The third-order valence-corrected chi connectivity index (χ3v) is 5.56. The van der Waals surface area contributed by atoms with Gasteiger partial charge in [0.15, 0.2) is 0 Å². The Morgan fingerprint density at radius 3 is 2.62 bits per heavy atom. The lowest BCUT2D eigenvalue weighted by Crippen LogP contribution is -2.48. The van der Waals surface area contributed by atoms with Crippen LogP contribution in [-0.2, 0) is 0 Å². The van der Waals surface area contributed by atoms with E-state index < -0.39 is 0 Å². The largest absolute Gasteiger partial charge is 0.339 e. The zero-order chi connectivity index (χ0) is 14.5. The van der Waals surface area contributed by atoms with E-state index in [-0.39, 0.29) is 5.91 Å². The van der Waals surface area contributed by atoms with Crippen molar-refractivity contribution in [2.75, 3.05) is 24.6 Å². The average Bonchev–Trinajstić information content (AvgIpc) is 2.57. The summed E-state index contributed by atoms with van der Waals surface area (Å²) >= 11 is 2.06. The number of carbonyl (C=O) groups excluding carboxylic acids is 1. The van der Waals surface area contributed by atoms with Crippen LogP contribution < -0.4 is 5.32 Å². The molecule has 4 nitrogen and oxygen atoms in total. The number of amides is 1. The van der Waals surface area contributed by atoms with Gasteiger partial charge in [-0.05, 0) is 43.6 Å². The van der Waals surface area contributed by atoms with Crippen LogP contribution in [0.5, 0.6) is 0 Å². The van der Waals surface area contributed by atoms with E-state index in [1.54, 1.807) is 24.5 Å². The predicted octanol–water partition coefficient (Wildman–Crippen LogP) is 2.17. The minimum Gasteiger partial charge on any atom is -0.339 e. The molecular weight excluding hydrogens is 282 g/mol. The zero-order valence-corrected chi connectivity index (χ0v) is 13.1. The molecule has 1 atom stereocenters. The number of nitrogens with zero attached hydrogens (tertiary/aromatic N) is 2. The van der Waals surface area contributed by atoms with E-state index in [4.69, 9.17) is 0 Å². The molecule has 2 fully saturated rings. The minimum atomic E-state index is 0.143. The van der Waals surface area contributed by atoms with Crippen LogP contribution in [0.3, 0.4) is 0 Å². The van der Waals surface area contributed by atoms with Gasteiger partial charge in [-0.1, -0.05) is 0 Å². The Morgan fingerprint density at radius 2 is 1.95 bits per heavy atom. The van der Waals surface area contributed by atoms with E-state index in [0.717, 1.165) is 31.5 Å². The maximum absolute atomic E-state index is 12.4. The summed E-state index contributed by atoms with van der Waals surface area (Å²) in [5.74, 6) is 2.71. The summed E-state index contributed by atoms with van der Waals surface area (Å²) in [5, 5.41) is 3.79. The summed E-state index contributed by atoms with van der Waals surface area (Å²) in [4.78, 5) is 18.3. The fourth-order valence-electron chi connectivity index (χ4n) is 3.13. The van der Waals surface area contributed by atoms with Crippen LogP contribution in [0.15, 0.2) is 24.5 Å². The number of aromatic nitrogens is 1. The van der Waals surface area contributed by atoms with Gasteiger partial charge in [0.05, 0.1) is 0 Å². The molecule has 2 aliphatic heterocycles. The molecular formula is C16H23N3OS. The third kappa shape index (κ3) is 3.98. The number of likely N-dealkylation sites (tertiary alicyclic amines) is 1. The Balaban J connectivity index is 1.47.